The second-order valence-electron chi connectivity index (χ2n) is 6.03. The van der Waals surface area contributed by atoms with Crippen molar-refractivity contribution in [3.63, 3.8) is 0 Å². The number of rotatable bonds is 6. The molecule has 1 aromatic carbocycles. The molecule has 0 aliphatic heterocycles. The van der Waals surface area contributed by atoms with Crippen LogP contribution in [0.25, 0.3) is 10.9 Å². The maximum atomic E-state index is 12.9. The highest BCUT2D eigenvalue weighted by Crippen LogP contribution is 2.28. The predicted octanol–water partition coefficient (Wildman–Crippen LogP) is 2.90. The van der Waals surface area contributed by atoms with Crippen LogP contribution in [0.4, 0.5) is 19.0 Å². The Labute approximate surface area is 154 Å². The molecule has 0 aliphatic rings. The molecule has 0 saturated heterocycles. The van der Waals surface area contributed by atoms with Crippen LogP contribution in [0.5, 0.6) is 0 Å². The van der Waals surface area contributed by atoms with Crippen molar-refractivity contribution in [3.8, 4) is 0 Å². The molecule has 6 nitrogen and oxygen atoms in total. The SMILES string of the molecule is Cc1cc(C(F)(F)F)nc(CCNc2nc(CCN)nc3ccccc23)n1. The monoisotopic (exact) mass is 376 g/mol. The molecule has 0 bridgehead atoms. The number of benzene rings is 1. The first kappa shape index (κ1) is 19.0. The Morgan fingerprint density at radius 2 is 1.74 bits per heavy atom. The van der Waals surface area contributed by atoms with Gasteiger partial charge in [0.2, 0.25) is 0 Å². The Morgan fingerprint density at radius 1 is 1.00 bits per heavy atom. The van der Waals surface area contributed by atoms with E-state index < -0.39 is 11.9 Å². The smallest absolute Gasteiger partial charge is 0.369 e. The van der Waals surface area contributed by atoms with E-state index in [1.807, 2.05) is 24.3 Å². The fraction of sp³-hybridized carbons (Fsp3) is 0.333. The molecule has 0 amide bonds. The lowest BCUT2D eigenvalue weighted by Gasteiger charge is -2.11. The maximum Gasteiger partial charge on any atom is 0.433 e. The third kappa shape index (κ3) is 4.68. The second-order valence-corrected chi connectivity index (χ2v) is 6.03. The quantitative estimate of drug-likeness (QED) is 0.688. The molecule has 9 heteroatoms. The van der Waals surface area contributed by atoms with E-state index in [2.05, 4.69) is 25.3 Å². The highest BCUT2D eigenvalue weighted by atomic mass is 19.4. The van der Waals surface area contributed by atoms with Crippen LogP contribution in [0, 0.1) is 6.92 Å². The van der Waals surface area contributed by atoms with Gasteiger partial charge in [0.25, 0.3) is 0 Å². The minimum atomic E-state index is -4.49. The van der Waals surface area contributed by atoms with Gasteiger partial charge in [-0.15, -0.1) is 0 Å². The van der Waals surface area contributed by atoms with Crippen LogP contribution in [0.1, 0.15) is 23.0 Å². The summed E-state index contributed by atoms with van der Waals surface area (Å²) < 4.78 is 38.7. The molecule has 0 spiro atoms. The first-order valence-electron chi connectivity index (χ1n) is 8.48. The fourth-order valence-corrected chi connectivity index (χ4v) is 2.68. The summed E-state index contributed by atoms with van der Waals surface area (Å²) in [7, 11) is 0. The summed E-state index contributed by atoms with van der Waals surface area (Å²) in [4.78, 5) is 16.6. The number of fused-ring (bicyclic) bond motifs is 1. The van der Waals surface area contributed by atoms with Crippen molar-refractivity contribution in [1.82, 2.24) is 19.9 Å². The molecule has 3 aromatic rings. The number of alkyl halides is 3. The number of nitrogens with two attached hydrogens (primary N) is 1. The second kappa shape index (κ2) is 7.83. The first-order valence-corrected chi connectivity index (χ1v) is 8.48. The molecule has 27 heavy (non-hydrogen) atoms. The number of halogens is 3. The van der Waals surface area contributed by atoms with Gasteiger partial charge in [-0.05, 0) is 31.7 Å². The summed E-state index contributed by atoms with van der Waals surface area (Å²) in [5, 5.41) is 3.99. The lowest BCUT2D eigenvalue weighted by Crippen LogP contribution is -2.15. The normalized spacial score (nSPS) is 11.7. The lowest BCUT2D eigenvalue weighted by molar-refractivity contribution is -0.141. The molecular weight excluding hydrogens is 357 g/mol. The molecule has 3 N–H and O–H groups in total. The van der Waals surface area contributed by atoms with Gasteiger partial charge in [-0.25, -0.2) is 19.9 Å². The number of hydrogen-bond donors (Lipinski definition) is 2. The van der Waals surface area contributed by atoms with Crippen LogP contribution in [0.15, 0.2) is 30.3 Å². The predicted molar refractivity (Wildman–Crippen MR) is 96.3 cm³/mol. The standard InChI is InChI=1S/C18H19F3N6/c1-11-10-14(18(19,20)21)26-16(24-11)7-9-23-17-12-4-2-3-5-13(12)25-15(27-17)6-8-22/h2-5,10H,6-9,22H2,1H3,(H,23,25,27). The highest BCUT2D eigenvalue weighted by Gasteiger charge is 2.33. The first-order chi connectivity index (χ1) is 12.9. The van der Waals surface area contributed by atoms with Crippen LogP contribution in [0.2, 0.25) is 0 Å². The van der Waals surface area contributed by atoms with Crippen LogP contribution in [-0.4, -0.2) is 33.0 Å². The minimum absolute atomic E-state index is 0.135. The molecule has 142 valence electrons. The van der Waals surface area contributed by atoms with E-state index in [0.29, 0.717) is 31.2 Å². The van der Waals surface area contributed by atoms with Gasteiger partial charge >= 0.3 is 6.18 Å². The molecule has 0 fully saturated rings. The molecule has 0 atom stereocenters. The number of nitrogens with one attached hydrogen (secondary N) is 1. The summed E-state index contributed by atoms with van der Waals surface area (Å²) in [5.41, 5.74) is 5.72. The van der Waals surface area contributed by atoms with Gasteiger partial charge in [0.05, 0.1) is 5.52 Å². The van der Waals surface area contributed by atoms with Crippen molar-refractivity contribution >= 4 is 16.7 Å². The molecule has 2 heterocycles. The average molecular weight is 376 g/mol. The molecule has 2 aromatic heterocycles. The Kier molecular flexibility index (Phi) is 5.50. The summed E-state index contributed by atoms with van der Waals surface area (Å²) in [5.74, 6) is 1.37. The van der Waals surface area contributed by atoms with Gasteiger partial charge in [0, 0.05) is 30.5 Å². The molecule has 0 radical (unpaired) electrons. The van der Waals surface area contributed by atoms with Crippen molar-refractivity contribution in [3.05, 3.63) is 53.4 Å². The Balaban J connectivity index is 1.79. The number of nitrogens with zero attached hydrogens (tertiary/aromatic N) is 4. The largest absolute Gasteiger partial charge is 0.433 e. The van der Waals surface area contributed by atoms with Gasteiger partial charge in [-0.1, -0.05) is 12.1 Å². The van der Waals surface area contributed by atoms with Crippen LogP contribution in [-0.2, 0) is 19.0 Å². The number of aromatic nitrogens is 4. The third-order valence-electron chi connectivity index (χ3n) is 3.85. The zero-order valence-corrected chi connectivity index (χ0v) is 14.7. The van der Waals surface area contributed by atoms with Gasteiger partial charge < -0.3 is 11.1 Å². The summed E-state index contributed by atoms with van der Waals surface area (Å²) >= 11 is 0. The van der Waals surface area contributed by atoms with Crippen molar-refractivity contribution < 1.29 is 13.2 Å². The Morgan fingerprint density at radius 3 is 2.48 bits per heavy atom. The molecule has 0 aliphatic carbocycles. The number of para-hydroxylation sites is 1. The zero-order valence-electron chi connectivity index (χ0n) is 14.7. The number of anilines is 1. The van der Waals surface area contributed by atoms with E-state index in [1.165, 1.54) is 6.92 Å². The van der Waals surface area contributed by atoms with E-state index in [-0.39, 0.29) is 17.9 Å². The fourth-order valence-electron chi connectivity index (χ4n) is 2.68. The number of aryl methyl sites for hydroxylation is 1. The van der Waals surface area contributed by atoms with Gasteiger partial charge in [0.15, 0.2) is 0 Å². The molecule has 3 rings (SSSR count). The minimum Gasteiger partial charge on any atom is -0.369 e. The van der Waals surface area contributed by atoms with E-state index in [1.54, 1.807) is 0 Å². The van der Waals surface area contributed by atoms with E-state index in [0.717, 1.165) is 17.0 Å². The van der Waals surface area contributed by atoms with Crippen molar-refractivity contribution in [2.45, 2.75) is 25.9 Å². The highest BCUT2D eigenvalue weighted by molar-refractivity contribution is 5.88. The third-order valence-corrected chi connectivity index (χ3v) is 3.85. The van der Waals surface area contributed by atoms with Gasteiger partial charge in [-0.2, -0.15) is 13.2 Å². The molecular formula is C18H19F3N6. The van der Waals surface area contributed by atoms with Crippen molar-refractivity contribution in [2.24, 2.45) is 5.73 Å². The average Bonchev–Trinajstić information content (AvgIpc) is 2.61. The van der Waals surface area contributed by atoms with Gasteiger partial charge in [0.1, 0.15) is 23.2 Å². The summed E-state index contributed by atoms with van der Waals surface area (Å²) in [6.07, 6.45) is -3.72. The molecule has 0 unspecified atom stereocenters. The topological polar surface area (TPSA) is 89.6 Å². The van der Waals surface area contributed by atoms with Crippen molar-refractivity contribution in [1.29, 1.82) is 0 Å². The van der Waals surface area contributed by atoms with Crippen LogP contribution in [0.3, 0.4) is 0 Å². The van der Waals surface area contributed by atoms with Crippen molar-refractivity contribution in [2.75, 3.05) is 18.4 Å². The van der Waals surface area contributed by atoms with E-state index in [4.69, 9.17) is 5.73 Å². The number of hydrogen-bond acceptors (Lipinski definition) is 6. The van der Waals surface area contributed by atoms with Crippen LogP contribution < -0.4 is 11.1 Å². The summed E-state index contributed by atoms with van der Waals surface area (Å²) in [6.45, 7) is 2.28. The van der Waals surface area contributed by atoms with Crippen LogP contribution >= 0.6 is 0 Å². The summed E-state index contributed by atoms with van der Waals surface area (Å²) in [6, 6.07) is 8.45. The zero-order chi connectivity index (χ0) is 19.4. The van der Waals surface area contributed by atoms with E-state index in [9.17, 15) is 13.2 Å². The maximum absolute atomic E-state index is 12.9. The Bertz CT molecular complexity index is 942. The van der Waals surface area contributed by atoms with Gasteiger partial charge in [-0.3, -0.25) is 0 Å². The molecule has 0 saturated carbocycles. The lowest BCUT2D eigenvalue weighted by atomic mass is 10.2. The van der Waals surface area contributed by atoms with E-state index >= 15 is 0 Å². The Hall–Kier alpha value is -2.81.